The standard InChI is InChI=1S/C11H12N2O3/c1-16-10-5-3-2-4-9(10)13-11(15)8(7-14)6-12-13/h2-6,12,14H,7H2,1H3. The molecule has 0 atom stereocenters. The summed E-state index contributed by atoms with van der Waals surface area (Å²) >= 11 is 0. The van der Waals surface area contributed by atoms with Gasteiger partial charge in [0.15, 0.2) is 0 Å². The highest BCUT2D eigenvalue weighted by Gasteiger charge is 2.10. The zero-order chi connectivity index (χ0) is 11.5. The van der Waals surface area contributed by atoms with Gasteiger partial charge in [-0.1, -0.05) is 12.1 Å². The van der Waals surface area contributed by atoms with Gasteiger partial charge >= 0.3 is 0 Å². The number of H-pyrrole nitrogens is 1. The van der Waals surface area contributed by atoms with Gasteiger partial charge in [0, 0.05) is 6.20 Å². The fraction of sp³-hybridized carbons (Fsp3) is 0.182. The first-order valence-corrected chi connectivity index (χ1v) is 4.81. The number of nitrogens with one attached hydrogen (secondary N) is 1. The summed E-state index contributed by atoms with van der Waals surface area (Å²) in [6.07, 6.45) is 1.48. The van der Waals surface area contributed by atoms with Crippen molar-refractivity contribution in [1.82, 2.24) is 9.78 Å². The summed E-state index contributed by atoms with van der Waals surface area (Å²) in [6, 6.07) is 7.16. The fourth-order valence-corrected chi connectivity index (χ4v) is 1.51. The Kier molecular flexibility index (Phi) is 2.78. The number of methoxy groups -OCH3 is 1. The molecule has 5 heteroatoms. The van der Waals surface area contributed by atoms with Crippen molar-refractivity contribution in [2.45, 2.75) is 6.61 Å². The molecule has 0 bridgehead atoms. The third-order valence-electron chi connectivity index (χ3n) is 2.34. The Balaban J connectivity index is 2.59. The van der Waals surface area contributed by atoms with E-state index in [1.165, 1.54) is 10.9 Å². The fourth-order valence-electron chi connectivity index (χ4n) is 1.51. The number of aliphatic hydroxyl groups excluding tert-OH is 1. The van der Waals surface area contributed by atoms with Crippen molar-refractivity contribution < 1.29 is 9.84 Å². The van der Waals surface area contributed by atoms with Crippen LogP contribution in [0.5, 0.6) is 5.75 Å². The van der Waals surface area contributed by atoms with Crippen LogP contribution in [0.3, 0.4) is 0 Å². The lowest BCUT2D eigenvalue weighted by atomic mass is 10.3. The maximum absolute atomic E-state index is 11.8. The van der Waals surface area contributed by atoms with E-state index in [1.54, 1.807) is 19.2 Å². The van der Waals surface area contributed by atoms with Crippen LogP contribution in [0.4, 0.5) is 0 Å². The maximum atomic E-state index is 11.8. The van der Waals surface area contributed by atoms with Gasteiger partial charge < -0.3 is 9.84 Å². The topological polar surface area (TPSA) is 67.2 Å². The van der Waals surface area contributed by atoms with Gasteiger partial charge in [-0.15, -0.1) is 0 Å². The Morgan fingerprint density at radius 3 is 2.81 bits per heavy atom. The SMILES string of the molecule is COc1ccccc1-n1[nH]cc(CO)c1=O. The lowest BCUT2D eigenvalue weighted by Gasteiger charge is -2.07. The smallest absolute Gasteiger partial charge is 0.276 e. The lowest BCUT2D eigenvalue weighted by Crippen LogP contribution is -2.17. The minimum atomic E-state index is -0.280. The average Bonchev–Trinajstić information content (AvgIpc) is 2.70. The minimum absolute atomic E-state index is 0.271. The summed E-state index contributed by atoms with van der Waals surface area (Å²) < 4.78 is 6.49. The third-order valence-corrected chi connectivity index (χ3v) is 2.34. The number of nitrogens with zero attached hydrogens (tertiary/aromatic N) is 1. The van der Waals surface area contributed by atoms with Crippen LogP contribution in [0.25, 0.3) is 5.69 Å². The average molecular weight is 220 g/mol. The molecule has 2 rings (SSSR count). The second-order valence-electron chi connectivity index (χ2n) is 3.27. The van der Waals surface area contributed by atoms with Crippen molar-refractivity contribution in [2.24, 2.45) is 0 Å². The molecule has 1 heterocycles. The number of aliphatic hydroxyl groups is 1. The first kappa shape index (κ1) is 10.5. The van der Waals surface area contributed by atoms with Crippen LogP contribution in [0.1, 0.15) is 5.56 Å². The van der Waals surface area contributed by atoms with E-state index < -0.39 is 0 Å². The van der Waals surface area contributed by atoms with Gasteiger partial charge in [-0.2, -0.15) is 0 Å². The number of hydrogen-bond donors (Lipinski definition) is 2. The number of aromatic amines is 1. The molecule has 0 aliphatic carbocycles. The second-order valence-corrected chi connectivity index (χ2v) is 3.27. The van der Waals surface area contributed by atoms with E-state index in [9.17, 15) is 4.79 Å². The molecule has 16 heavy (non-hydrogen) atoms. The van der Waals surface area contributed by atoms with Crippen LogP contribution < -0.4 is 10.3 Å². The first-order valence-electron chi connectivity index (χ1n) is 4.81. The summed E-state index contributed by atoms with van der Waals surface area (Å²) in [5, 5.41) is 11.7. The second kappa shape index (κ2) is 4.24. The predicted molar refractivity (Wildman–Crippen MR) is 58.9 cm³/mol. The van der Waals surface area contributed by atoms with Crippen LogP contribution in [0.2, 0.25) is 0 Å². The van der Waals surface area contributed by atoms with E-state index in [2.05, 4.69) is 5.10 Å². The third kappa shape index (κ3) is 1.61. The normalized spacial score (nSPS) is 10.4. The predicted octanol–water partition coefficient (Wildman–Crippen LogP) is 0.666. The Labute approximate surface area is 91.9 Å². The largest absolute Gasteiger partial charge is 0.494 e. The quantitative estimate of drug-likeness (QED) is 0.798. The maximum Gasteiger partial charge on any atom is 0.276 e. The molecule has 0 fully saturated rings. The summed E-state index contributed by atoms with van der Waals surface area (Å²) in [5.74, 6) is 0.593. The molecule has 84 valence electrons. The number of para-hydroxylation sites is 2. The van der Waals surface area contributed by atoms with Crippen molar-refractivity contribution in [2.75, 3.05) is 7.11 Å². The summed E-state index contributed by atoms with van der Waals surface area (Å²) in [7, 11) is 1.54. The molecule has 1 aromatic carbocycles. The van der Waals surface area contributed by atoms with Crippen LogP contribution in [-0.4, -0.2) is 22.0 Å². The van der Waals surface area contributed by atoms with Gasteiger partial charge in [0.1, 0.15) is 11.4 Å². The highest BCUT2D eigenvalue weighted by molar-refractivity contribution is 5.45. The molecule has 0 aliphatic heterocycles. The van der Waals surface area contributed by atoms with Crippen molar-refractivity contribution in [3.8, 4) is 11.4 Å². The monoisotopic (exact) mass is 220 g/mol. The zero-order valence-corrected chi connectivity index (χ0v) is 8.80. The van der Waals surface area contributed by atoms with Crippen molar-refractivity contribution in [3.05, 3.63) is 46.4 Å². The van der Waals surface area contributed by atoms with E-state index in [-0.39, 0.29) is 12.2 Å². The molecule has 0 saturated carbocycles. The molecule has 0 spiro atoms. The van der Waals surface area contributed by atoms with E-state index >= 15 is 0 Å². The molecule has 0 unspecified atom stereocenters. The van der Waals surface area contributed by atoms with Gasteiger partial charge in [0.05, 0.1) is 19.3 Å². The van der Waals surface area contributed by atoms with E-state index in [0.29, 0.717) is 17.0 Å². The Morgan fingerprint density at radius 2 is 2.19 bits per heavy atom. The Bertz CT molecular complexity index is 542. The molecule has 0 radical (unpaired) electrons. The minimum Gasteiger partial charge on any atom is -0.494 e. The van der Waals surface area contributed by atoms with Gasteiger partial charge in [0.2, 0.25) is 0 Å². The highest BCUT2D eigenvalue weighted by Crippen LogP contribution is 2.19. The van der Waals surface area contributed by atoms with Gasteiger partial charge in [-0.25, -0.2) is 4.68 Å². The van der Waals surface area contributed by atoms with Crippen LogP contribution in [0.15, 0.2) is 35.3 Å². The van der Waals surface area contributed by atoms with Gasteiger partial charge in [-0.3, -0.25) is 9.89 Å². The zero-order valence-electron chi connectivity index (χ0n) is 8.80. The molecule has 1 aromatic heterocycles. The number of rotatable bonds is 3. The lowest BCUT2D eigenvalue weighted by molar-refractivity contribution is 0.280. The number of benzene rings is 1. The summed E-state index contributed by atoms with van der Waals surface area (Å²) in [5.41, 5.74) is 0.674. The van der Waals surface area contributed by atoms with Crippen LogP contribution in [0, 0.1) is 0 Å². The van der Waals surface area contributed by atoms with Gasteiger partial charge in [0.25, 0.3) is 5.56 Å². The number of hydrogen-bond acceptors (Lipinski definition) is 3. The van der Waals surface area contributed by atoms with E-state index in [0.717, 1.165) is 0 Å². The van der Waals surface area contributed by atoms with Crippen molar-refractivity contribution >= 4 is 0 Å². The molecule has 5 nitrogen and oxygen atoms in total. The van der Waals surface area contributed by atoms with E-state index in [4.69, 9.17) is 9.84 Å². The highest BCUT2D eigenvalue weighted by atomic mass is 16.5. The summed E-state index contributed by atoms with van der Waals surface area (Å²) in [6.45, 7) is -0.280. The molecule has 2 aromatic rings. The number of aromatic nitrogens is 2. The van der Waals surface area contributed by atoms with Crippen molar-refractivity contribution in [3.63, 3.8) is 0 Å². The van der Waals surface area contributed by atoms with E-state index in [1.807, 2.05) is 12.1 Å². The van der Waals surface area contributed by atoms with Crippen LogP contribution >= 0.6 is 0 Å². The summed E-state index contributed by atoms with van der Waals surface area (Å²) in [4.78, 5) is 11.8. The molecular formula is C11H12N2O3. The molecule has 0 saturated heterocycles. The van der Waals surface area contributed by atoms with Gasteiger partial charge in [-0.05, 0) is 12.1 Å². The number of ether oxygens (including phenoxy) is 1. The van der Waals surface area contributed by atoms with Crippen molar-refractivity contribution in [1.29, 1.82) is 0 Å². The Morgan fingerprint density at radius 1 is 1.44 bits per heavy atom. The molecule has 0 aliphatic rings. The van der Waals surface area contributed by atoms with Crippen LogP contribution in [-0.2, 0) is 6.61 Å². The molecular weight excluding hydrogens is 208 g/mol. The molecule has 2 N–H and O–H groups in total. The Hall–Kier alpha value is -2.01. The first-order chi connectivity index (χ1) is 7.77. The molecule has 0 amide bonds.